The van der Waals surface area contributed by atoms with Gasteiger partial charge in [-0.2, -0.15) is 0 Å². The molecule has 0 unspecified atom stereocenters. The van der Waals surface area contributed by atoms with E-state index >= 15 is 0 Å². The molecule has 0 radical (unpaired) electrons. The van der Waals surface area contributed by atoms with Gasteiger partial charge in [-0.05, 0) is 61.2 Å². The quantitative estimate of drug-likeness (QED) is 0.516. The Morgan fingerprint density at radius 3 is 2.47 bits per heavy atom. The molecule has 0 spiro atoms. The fourth-order valence-electron chi connectivity index (χ4n) is 3.39. The van der Waals surface area contributed by atoms with Crippen molar-refractivity contribution in [2.24, 2.45) is 5.92 Å². The number of methoxy groups -OCH3 is 1. The van der Waals surface area contributed by atoms with Crippen LogP contribution in [0.5, 0.6) is 11.5 Å². The molecule has 0 atom stereocenters. The van der Waals surface area contributed by atoms with Crippen LogP contribution < -0.4 is 20.3 Å². The van der Waals surface area contributed by atoms with Gasteiger partial charge in [0.2, 0.25) is 0 Å². The lowest BCUT2D eigenvalue weighted by atomic mass is 10.0. The second-order valence-corrected chi connectivity index (χ2v) is 8.84. The van der Waals surface area contributed by atoms with Crippen molar-refractivity contribution in [2.75, 3.05) is 26.9 Å². The molecule has 2 amide bonds. The van der Waals surface area contributed by atoms with Crippen LogP contribution in [0, 0.1) is 5.92 Å². The van der Waals surface area contributed by atoms with Crippen LogP contribution in [-0.2, 0) is 4.74 Å². The van der Waals surface area contributed by atoms with E-state index in [1.54, 1.807) is 43.5 Å². The van der Waals surface area contributed by atoms with Gasteiger partial charge in [0.25, 0.3) is 11.8 Å². The lowest BCUT2D eigenvalue weighted by Gasteiger charge is -2.22. The minimum Gasteiger partial charge on any atom is -0.497 e. The number of fused-ring (bicyclic) bond motifs is 1. The maximum absolute atomic E-state index is 12.6. The molecule has 3 aromatic rings. The van der Waals surface area contributed by atoms with Crippen LogP contribution >= 0.6 is 22.9 Å². The molecule has 168 valence electrons. The Bertz CT molecular complexity index is 1110. The number of hydrogen-bond donors (Lipinski definition) is 2. The van der Waals surface area contributed by atoms with Crippen LogP contribution in [0.15, 0.2) is 42.5 Å². The van der Waals surface area contributed by atoms with E-state index in [1.807, 2.05) is 6.07 Å². The topological polar surface area (TPSA) is 85.9 Å². The third-order valence-electron chi connectivity index (χ3n) is 5.28. The normalized spacial score (nSPS) is 14.2. The van der Waals surface area contributed by atoms with Crippen LogP contribution in [0.4, 0.5) is 0 Å². The van der Waals surface area contributed by atoms with Crippen molar-refractivity contribution < 1.29 is 23.8 Å². The number of carbonyl (C=O) groups is 2. The van der Waals surface area contributed by atoms with E-state index in [2.05, 4.69) is 10.9 Å². The minimum atomic E-state index is -0.486. The summed E-state index contributed by atoms with van der Waals surface area (Å²) in [6.07, 6.45) is 2.00. The van der Waals surface area contributed by atoms with E-state index in [-0.39, 0.29) is 0 Å². The summed E-state index contributed by atoms with van der Waals surface area (Å²) in [4.78, 5) is 25.3. The van der Waals surface area contributed by atoms with Gasteiger partial charge in [0.15, 0.2) is 0 Å². The number of hydrazine groups is 1. The molecule has 1 aromatic heterocycles. The van der Waals surface area contributed by atoms with Crippen molar-refractivity contribution in [3.8, 4) is 11.5 Å². The number of thiophene rings is 1. The number of carbonyl (C=O) groups excluding carboxylic acids is 2. The summed E-state index contributed by atoms with van der Waals surface area (Å²) < 4.78 is 17.2. The van der Waals surface area contributed by atoms with Gasteiger partial charge < -0.3 is 14.2 Å². The van der Waals surface area contributed by atoms with Crippen LogP contribution in [0.1, 0.15) is 32.9 Å². The predicted molar refractivity (Wildman–Crippen MR) is 124 cm³/mol. The standard InChI is InChI=1S/C23H23ClN2O5S/c1-29-17-6-7-18-19(12-17)32-21(20(18)24)23(28)26-25-22(27)15-2-4-16(5-3-15)31-13-14-8-10-30-11-9-14/h2-7,12,14H,8-11,13H2,1H3,(H,25,27)(H,26,28). The molecule has 0 saturated carbocycles. The van der Waals surface area contributed by atoms with Crippen LogP contribution in [0.2, 0.25) is 5.02 Å². The van der Waals surface area contributed by atoms with Crippen molar-refractivity contribution in [3.05, 3.63) is 57.9 Å². The molecule has 2 aromatic carbocycles. The first-order valence-electron chi connectivity index (χ1n) is 10.2. The first-order chi connectivity index (χ1) is 15.5. The molecule has 2 N–H and O–H groups in total. The Morgan fingerprint density at radius 2 is 1.75 bits per heavy atom. The third kappa shape index (κ3) is 5.15. The number of hydrogen-bond acceptors (Lipinski definition) is 6. The van der Waals surface area contributed by atoms with Crippen molar-refractivity contribution in [3.63, 3.8) is 0 Å². The zero-order valence-corrected chi connectivity index (χ0v) is 19.1. The van der Waals surface area contributed by atoms with Crippen molar-refractivity contribution in [2.45, 2.75) is 12.8 Å². The number of benzene rings is 2. The highest BCUT2D eigenvalue weighted by molar-refractivity contribution is 7.21. The fourth-order valence-corrected chi connectivity index (χ4v) is 4.83. The summed E-state index contributed by atoms with van der Waals surface area (Å²) in [5.74, 6) is 0.942. The number of halogens is 1. The Morgan fingerprint density at radius 1 is 1.06 bits per heavy atom. The number of ether oxygens (including phenoxy) is 3. The van der Waals surface area contributed by atoms with Crippen LogP contribution in [-0.4, -0.2) is 38.7 Å². The maximum Gasteiger partial charge on any atom is 0.281 e. The van der Waals surface area contributed by atoms with Gasteiger partial charge >= 0.3 is 0 Å². The molecular weight excluding hydrogens is 452 g/mol. The molecule has 1 fully saturated rings. The van der Waals surface area contributed by atoms with Crippen LogP contribution in [0.25, 0.3) is 10.1 Å². The van der Waals surface area contributed by atoms with Crippen molar-refractivity contribution in [1.29, 1.82) is 0 Å². The summed E-state index contributed by atoms with van der Waals surface area (Å²) in [6.45, 7) is 2.19. The van der Waals surface area contributed by atoms with E-state index in [0.717, 1.165) is 36.1 Å². The van der Waals surface area contributed by atoms with Gasteiger partial charge in [0.05, 0.1) is 18.7 Å². The van der Waals surface area contributed by atoms with Crippen LogP contribution in [0.3, 0.4) is 0 Å². The molecule has 9 heteroatoms. The monoisotopic (exact) mass is 474 g/mol. The number of nitrogens with one attached hydrogen (secondary N) is 2. The lowest BCUT2D eigenvalue weighted by molar-refractivity contribution is 0.0497. The summed E-state index contributed by atoms with van der Waals surface area (Å²) in [7, 11) is 1.57. The van der Waals surface area contributed by atoms with Gasteiger partial charge in [0.1, 0.15) is 16.4 Å². The van der Waals surface area contributed by atoms with E-state index in [4.69, 9.17) is 25.8 Å². The van der Waals surface area contributed by atoms with Gasteiger partial charge in [-0.3, -0.25) is 20.4 Å². The lowest BCUT2D eigenvalue weighted by Crippen LogP contribution is -2.41. The summed E-state index contributed by atoms with van der Waals surface area (Å²) in [5.41, 5.74) is 5.25. The Balaban J connectivity index is 1.32. The Hall–Kier alpha value is -2.81. The van der Waals surface area contributed by atoms with E-state index in [1.165, 1.54) is 11.3 Å². The molecule has 1 aliphatic heterocycles. The number of rotatable bonds is 6. The maximum atomic E-state index is 12.6. The molecule has 2 heterocycles. The zero-order chi connectivity index (χ0) is 22.5. The first-order valence-corrected chi connectivity index (χ1v) is 11.4. The SMILES string of the molecule is COc1ccc2c(Cl)c(C(=O)NNC(=O)c3ccc(OCC4CCOCC4)cc3)sc2c1. The van der Waals surface area contributed by atoms with E-state index in [0.29, 0.717) is 39.5 Å². The van der Waals surface area contributed by atoms with Gasteiger partial charge in [-0.15, -0.1) is 11.3 Å². The average Bonchev–Trinajstić information content (AvgIpc) is 3.17. The van der Waals surface area contributed by atoms with Gasteiger partial charge in [-0.1, -0.05) is 11.6 Å². The Kier molecular flexibility index (Phi) is 7.14. The smallest absolute Gasteiger partial charge is 0.281 e. The largest absolute Gasteiger partial charge is 0.497 e. The predicted octanol–water partition coefficient (Wildman–Crippen LogP) is 4.44. The highest BCUT2D eigenvalue weighted by Crippen LogP contribution is 2.37. The van der Waals surface area contributed by atoms with Gasteiger partial charge in [-0.25, -0.2) is 0 Å². The molecule has 4 rings (SSSR count). The first kappa shape index (κ1) is 22.4. The number of amides is 2. The molecular formula is C23H23ClN2O5S. The molecule has 7 nitrogen and oxygen atoms in total. The second kappa shape index (κ2) is 10.2. The highest BCUT2D eigenvalue weighted by atomic mass is 35.5. The zero-order valence-electron chi connectivity index (χ0n) is 17.5. The summed E-state index contributed by atoms with van der Waals surface area (Å²) in [6, 6.07) is 12.2. The molecule has 0 aliphatic carbocycles. The molecule has 1 saturated heterocycles. The summed E-state index contributed by atoms with van der Waals surface area (Å²) in [5, 5.41) is 1.09. The fraction of sp³-hybridized carbons (Fsp3) is 0.304. The second-order valence-electron chi connectivity index (χ2n) is 7.41. The minimum absolute atomic E-state index is 0.312. The van der Waals surface area contributed by atoms with Crippen molar-refractivity contribution >= 4 is 44.8 Å². The molecule has 32 heavy (non-hydrogen) atoms. The molecule has 0 bridgehead atoms. The van der Waals surface area contributed by atoms with Crippen molar-refractivity contribution in [1.82, 2.24) is 10.9 Å². The Labute approximate surface area is 194 Å². The van der Waals surface area contributed by atoms with Gasteiger partial charge in [0, 0.05) is 28.9 Å². The molecule has 1 aliphatic rings. The van der Waals surface area contributed by atoms with E-state index in [9.17, 15) is 9.59 Å². The summed E-state index contributed by atoms with van der Waals surface area (Å²) >= 11 is 7.59. The van der Waals surface area contributed by atoms with E-state index < -0.39 is 11.8 Å². The average molecular weight is 475 g/mol. The highest BCUT2D eigenvalue weighted by Gasteiger charge is 2.19. The third-order valence-corrected chi connectivity index (χ3v) is 6.93.